The van der Waals surface area contributed by atoms with Crippen LogP contribution in [0.4, 0.5) is 20.7 Å². The number of halogens is 1. The van der Waals surface area contributed by atoms with Gasteiger partial charge in [-0.15, -0.1) is 5.06 Å². The normalized spacial score (nSPS) is 15.1. The van der Waals surface area contributed by atoms with Crippen molar-refractivity contribution in [3.63, 3.8) is 0 Å². The van der Waals surface area contributed by atoms with E-state index in [2.05, 4.69) is 15.3 Å². The number of ether oxygens (including phenoxy) is 2. The summed E-state index contributed by atoms with van der Waals surface area (Å²) in [6, 6.07) is 4.54. The Labute approximate surface area is 204 Å². The molecule has 10 nitrogen and oxygen atoms in total. The zero-order valence-electron chi connectivity index (χ0n) is 20.3. The molecule has 1 fully saturated rings. The van der Waals surface area contributed by atoms with Crippen LogP contribution in [0.25, 0.3) is 0 Å². The largest absolute Gasteiger partial charge is 0.528 e. The van der Waals surface area contributed by atoms with E-state index in [0.29, 0.717) is 48.8 Å². The molecular weight excluding hydrogens is 479 g/mol. The van der Waals surface area contributed by atoms with Crippen LogP contribution in [0.1, 0.15) is 37.8 Å². The lowest BCUT2D eigenvalue weighted by atomic mass is 10.1. The van der Waals surface area contributed by atoms with Crippen LogP contribution in [0, 0.1) is 12.7 Å². The zero-order chi connectivity index (χ0) is 25.6. The molecule has 1 aliphatic heterocycles. The van der Waals surface area contributed by atoms with E-state index in [1.165, 1.54) is 12.4 Å². The quantitative estimate of drug-likeness (QED) is 0.501. The molecule has 0 bridgehead atoms. The van der Waals surface area contributed by atoms with Crippen molar-refractivity contribution in [1.29, 1.82) is 0 Å². The molecule has 0 aliphatic carbocycles. The van der Waals surface area contributed by atoms with E-state index in [0.717, 1.165) is 6.26 Å². The molecule has 1 N–H and O–H groups in total. The summed E-state index contributed by atoms with van der Waals surface area (Å²) in [7, 11) is -3.13. The minimum absolute atomic E-state index is 0.0436. The second-order valence-electron chi connectivity index (χ2n) is 8.73. The van der Waals surface area contributed by atoms with E-state index in [9.17, 15) is 17.6 Å². The predicted octanol–water partition coefficient (Wildman–Crippen LogP) is 3.57. The van der Waals surface area contributed by atoms with E-state index in [1.54, 1.807) is 38.0 Å². The Bertz CT molecular complexity index is 1140. The molecule has 1 aliphatic rings. The third kappa shape index (κ3) is 8.32. The van der Waals surface area contributed by atoms with Gasteiger partial charge in [-0.2, -0.15) is 0 Å². The van der Waals surface area contributed by atoms with Crippen LogP contribution in [0.5, 0.6) is 5.88 Å². The number of rotatable bonds is 9. The number of nitrogens with one attached hydrogen (secondary N) is 1. The van der Waals surface area contributed by atoms with Crippen molar-refractivity contribution in [2.24, 2.45) is 0 Å². The van der Waals surface area contributed by atoms with E-state index < -0.39 is 21.8 Å². The molecule has 0 amide bonds. The summed E-state index contributed by atoms with van der Waals surface area (Å²) in [5.74, 6) is 0.221. The Kier molecular flexibility index (Phi) is 8.84. The molecule has 35 heavy (non-hydrogen) atoms. The Morgan fingerprint density at radius 2 is 1.97 bits per heavy atom. The van der Waals surface area contributed by atoms with Crippen molar-refractivity contribution in [3.8, 4) is 5.88 Å². The molecular formula is C23H31FN4O6S. The summed E-state index contributed by atoms with van der Waals surface area (Å²) in [5, 5.41) is 4.51. The highest BCUT2D eigenvalue weighted by molar-refractivity contribution is 7.90. The topological polar surface area (TPSA) is 120 Å². The zero-order valence-corrected chi connectivity index (χ0v) is 21.1. The predicted molar refractivity (Wildman–Crippen MR) is 128 cm³/mol. The minimum atomic E-state index is -3.13. The molecule has 3 rings (SSSR count). The molecule has 1 saturated heterocycles. The Balaban J connectivity index is 1.58. The van der Waals surface area contributed by atoms with Gasteiger partial charge in [0.1, 0.15) is 33.9 Å². The summed E-state index contributed by atoms with van der Waals surface area (Å²) in [5.41, 5.74) is 1.42. The number of benzene rings is 1. The van der Waals surface area contributed by atoms with Gasteiger partial charge in [0.15, 0.2) is 0 Å². The molecule has 0 radical (unpaired) electrons. The van der Waals surface area contributed by atoms with Gasteiger partial charge >= 0.3 is 6.16 Å². The molecule has 1 aromatic carbocycles. The van der Waals surface area contributed by atoms with Gasteiger partial charge in [-0.1, -0.05) is 6.07 Å². The van der Waals surface area contributed by atoms with Crippen LogP contribution in [0.2, 0.25) is 0 Å². The molecule has 0 saturated carbocycles. The fourth-order valence-electron chi connectivity index (χ4n) is 3.44. The molecule has 0 unspecified atom stereocenters. The number of nitrogens with zero attached hydrogens (tertiary/aromatic N) is 3. The van der Waals surface area contributed by atoms with Gasteiger partial charge in [0.25, 0.3) is 0 Å². The fourth-order valence-corrected chi connectivity index (χ4v) is 4.05. The van der Waals surface area contributed by atoms with Crippen LogP contribution in [0.3, 0.4) is 0 Å². The van der Waals surface area contributed by atoms with Crippen molar-refractivity contribution >= 4 is 27.5 Å². The maximum atomic E-state index is 14.6. The first-order valence-corrected chi connectivity index (χ1v) is 13.4. The summed E-state index contributed by atoms with van der Waals surface area (Å²) < 4.78 is 48.3. The van der Waals surface area contributed by atoms with Crippen molar-refractivity contribution < 1.29 is 31.9 Å². The number of anilines is 2. The number of hydrogen-bond acceptors (Lipinski definition) is 10. The highest BCUT2D eigenvalue weighted by Crippen LogP contribution is 2.28. The summed E-state index contributed by atoms with van der Waals surface area (Å²) in [4.78, 5) is 25.2. The Morgan fingerprint density at radius 3 is 2.60 bits per heavy atom. The van der Waals surface area contributed by atoms with Gasteiger partial charge in [-0.05, 0) is 44.9 Å². The number of aromatic nitrogens is 2. The number of carbonyl (C=O) groups excluding carboxylic acids is 1. The molecule has 0 spiro atoms. The number of hydrogen-bond donors (Lipinski definition) is 1. The first-order valence-electron chi connectivity index (χ1n) is 11.3. The summed E-state index contributed by atoms with van der Waals surface area (Å²) in [6.07, 6.45) is 2.85. The number of aryl methyl sites for hydroxylation is 1. The minimum Gasteiger partial charge on any atom is -0.474 e. The van der Waals surface area contributed by atoms with Crippen molar-refractivity contribution in [1.82, 2.24) is 15.0 Å². The first kappa shape index (κ1) is 26.6. The second-order valence-corrected chi connectivity index (χ2v) is 11.0. The van der Waals surface area contributed by atoms with Gasteiger partial charge in [-0.25, -0.2) is 27.6 Å². The number of carbonyl (C=O) groups is 1. The van der Waals surface area contributed by atoms with Crippen molar-refractivity contribution in [2.45, 2.75) is 52.2 Å². The molecule has 2 aromatic rings. The average Bonchev–Trinajstić information content (AvgIpc) is 2.77. The van der Waals surface area contributed by atoms with Crippen LogP contribution < -0.4 is 10.1 Å². The lowest BCUT2D eigenvalue weighted by Crippen LogP contribution is -2.40. The third-order valence-corrected chi connectivity index (χ3v) is 6.25. The van der Waals surface area contributed by atoms with Crippen LogP contribution in [0.15, 0.2) is 24.5 Å². The fraction of sp³-hybridized carbons (Fsp3) is 0.522. The summed E-state index contributed by atoms with van der Waals surface area (Å²) in [6.45, 7) is 6.25. The van der Waals surface area contributed by atoms with Gasteiger partial charge in [0.05, 0.1) is 23.1 Å². The first-order chi connectivity index (χ1) is 16.5. The highest BCUT2D eigenvalue weighted by Gasteiger charge is 2.25. The van der Waals surface area contributed by atoms with Crippen LogP contribution >= 0.6 is 0 Å². The Morgan fingerprint density at radius 1 is 1.26 bits per heavy atom. The third-order valence-electron chi connectivity index (χ3n) is 5.30. The second kappa shape index (κ2) is 11.6. The van der Waals surface area contributed by atoms with Gasteiger partial charge < -0.3 is 19.6 Å². The van der Waals surface area contributed by atoms with E-state index in [4.69, 9.17) is 14.3 Å². The summed E-state index contributed by atoms with van der Waals surface area (Å²) >= 11 is 0. The average molecular weight is 511 g/mol. The number of hydroxylamine groups is 2. The number of sulfone groups is 1. The van der Waals surface area contributed by atoms with Crippen LogP contribution in [-0.2, 0) is 25.8 Å². The molecule has 1 aromatic heterocycles. The molecule has 192 valence electrons. The van der Waals surface area contributed by atoms with Gasteiger partial charge in [0, 0.05) is 32.2 Å². The molecule has 2 heterocycles. The van der Waals surface area contributed by atoms with Crippen molar-refractivity contribution in [3.05, 3.63) is 41.5 Å². The van der Waals surface area contributed by atoms with E-state index >= 15 is 0 Å². The standard InChI is InChI=1S/C23H31FN4O6S/c1-15(2)32-23(29)34-28-10-7-18(8-11-28)33-22-16(3)21(25-14-26-22)27-20-6-5-17(13-19(20)24)9-12-35(4,30)31/h5-6,13-15,18H,7-12H2,1-4H3,(H,25,26,27). The lowest BCUT2D eigenvalue weighted by molar-refractivity contribution is -0.151. The smallest absolute Gasteiger partial charge is 0.474 e. The van der Waals surface area contributed by atoms with Gasteiger partial charge in [0.2, 0.25) is 5.88 Å². The lowest BCUT2D eigenvalue weighted by Gasteiger charge is -2.30. The molecule has 0 atom stereocenters. The maximum absolute atomic E-state index is 14.6. The van der Waals surface area contributed by atoms with E-state index in [1.807, 2.05) is 0 Å². The Hall–Kier alpha value is -2.99. The SMILES string of the molecule is Cc1c(Nc2ccc(CCS(C)(=O)=O)cc2F)ncnc1OC1CCN(OC(=O)OC(C)C)CC1. The van der Waals surface area contributed by atoms with E-state index in [-0.39, 0.29) is 30.1 Å². The van der Waals surface area contributed by atoms with Crippen LogP contribution in [-0.4, -0.2) is 66.9 Å². The maximum Gasteiger partial charge on any atom is 0.528 e. The van der Waals surface area contributed by atoms with Crippen molar-refractivity contribution in [2.75, 3.05) is 30.4 Å². The number of piperidine rings is 1. The monoisotopic (exact) mass is 510 g/mol. The molecule has 12 heteroatoms. The van der Waals surface area contributed by atoms with Gasteiger partial charge in [-0.3, -0.25) is 0 Å². The highest BCUT2D eigenvalue weighted by atomic mass is 32.2.